The number of thioether (sulfide) groups is 1. The van der Waals surface area contributed by atoms with Crippen LogP contribution in [0.4, 0.5) is 4.39 Å². The first kappa shape index (κ1) is 14.9. The second kappa shape index (κ2) is 4.79. The molecule has 1 aromatic rings. The summed E-state index contributed by atoms with van der Waals surface area (Å²) in [5.41, 5.74) is 0.597. The zero-order chi connectivity index (χ0) is 14.4. The van der Waals surface area contributed by atoms with Crippen LogP contribution in [0.15, 0.2) is 17.0 Å². The third-order valence-electron chi connectivity index (χ3n) is 3.94. The van der Waals surface area contributed by atoms with Crippen molar-refractivity contribution in [1.29, 1.82) is 0 Å². The van der Waals surface area contributed by atoms with Crippen molar-refractivity contribution in [3.63, 3.8) is 0 Å². The molecule has 2 rings (SSSR count). The van der Waals surface area contributed by atoms with E-state index in [0.717, 1.165) is 5.56 Å². The highest BCUT2D eigenvalue weighted by Crippen LogP contribution is 2.37. The summed E-state index contributed by atoms with van der Waals surface area (Å²) in [5.74, 6) is -0.239. The van der Waals surface area contributed by atoms with Gasteiger partial charge in [0.05, 0.1) is 11.2 Å². The Kier molecular flexibility index (Phi) is 3.76. The maximum Gasteiger partial charge on any atom is 0.497 e. The molecule has 0 aliphatic carbocycles. The van der Waals surface area contributed by atoms with Crippen LogP contribution in [0.3, 0.4) is 0 Å². The smallest absolute Gasteiger partial charge is 0.399 e. The third-order valence-corrected chi connectivity index (χ3v) is 4.68. The predicted octanol–water partition coefficient (Wildman–Crippen LogP) is 3.16. The summed E-state index contributed by atoms with van der Waals surface area (Å²) < 4.78 is 26.3. The minimum atomic E-state index is -0.643. The maximum atomic E-state index is 14.4. The summed E-state index contributed by atoms with van der Waals surface area (Å²) in [5, 5.41) is 0. The Bertz CT molecular complexity index is 486. The molecule has 0 unspecified atom stereocenters. The van der Waals surface area contributed by atoms with Gasteiger partial charge in [0, 0.05) is 10.4 Å². The molecule has 0 amide bonds. The topological polar surface area (TPSA) is 18.5 Å². The zero-order valence-electron chi connectivity index (χ0n) is 12.3. The normalized spacial score (nSPS) is 20.9. The molecule has 0 spiro atoms. The number of aryl methyl sites for hydroxylation is 1. The van der Waals surface area contributed by atoms with Gasteiger partial charge in [-0.15, -0.1) is 11.8 Å². The van der Waals surface area contributed by atoms with Crippen LogP contribution in [-0.4, -0.2) is 24.6 Å². The van der Waals surface area contributed by atoms with Gasteiger partial charge in [0.2, 0.25) is 0 Å². The molecule has 1 aromatic carbocycles. The highest BCUT2D eigenvalue weighted by Gasteiger charge is 2.52. The Labute approximate surface area is 119 Å². The van der Waals surface area contributed by atoms with Crippen LogP contribution in [-0.2, 0) is 9.31 Å². The molecule has 1 saturated heterocycles. The molecular weight excluding hydrogens is 262 g/mol. The van der Waals surface area contributed by atoms with Crippen LogP contribution in [0.25, 0.3) is 0 Å². The standard InChI is InChI=1S/C14H20BFO2S/c1-9-7-10(12(16)11(8-9)19-6)15-17-13(2,3)14(4,5)18-15/h7-8H,1-6H3. The van der Waals surface area contributed by atoms with Crippen molar-refractivity contribution in [2.75, 3.05) is 6.26 Å². The fourth-order valence-corrected chi connectivity index (χ4v) is 2.65. The lowest BCUT2D eigenvalue weighted by atomic mass is 9.78. The summed E-state index contributed by atoms with van der Waals surface area (Å²) in [6.07, 6.45) is 1.87. The van der Waals surface area contributed by atoms with Crippen molar-refractivity contribution in [2.45, 2.75) is 50.7 Å². The summed E-state index contributed by atoms with van der Waals surface area (Å²) in [6, 6.07) is 3.64. The highest BCUT2D eigenvalue weighted by atomic mass is 32.2. The highest BCUT2D eigenvalue weighted by molar-refractivity contribution is 7.98. The molecule has 2 nitrogen and oxygen atoms in total. The molecule has 0 bridgehead atoms. The number of hydrogen-bond acceptors (Lipinski definition) is 3. The number of benzene rings is 1. The van der Waals surface area contributed by atoms with Gasteiger partial charge in [-0.3, -0.25) is 0 Å². The van der Waals surface area contributed by atoms with Gasteiger partial charge >= 0.3 is 7.12 Å². The van der Waals surface area contributed by atoms with Crippen LogP contribution in [0.5, 0.6) is 0 Å². The molecule has 1 heterocycles. The molecule has 1 aliphatic rings. The zero-order valence-corrected chi connectivity index (χ0v) is 13.2. The lowest BCUT2D eigenvalue weighted by molar-refractivity contribution is 0.00578. The van der Waals surface area contributed by atoms with Crippen LogP contribution in [0.1, 0.15) is 33.3 Å². The van der Waals surface area contributed by atoms with E-state index in [-0.39, 0.29) is 5.82 Å². The van der Waals surface area contributed by atoms with E-state index < -0.39 is 18.3 Å². The van der Waals surface area contributed by atoms with Gasteiger partial charge in [0.15, 0.2) is 0 Å². The van der Waals surface area contributed by atoms with E-state index in [4.69, 9.17) is 9.31 Å². The van der Waals surface area contributed by atoms with E-state index in [0.29, 0.717) is 10.4 Å². The summed E-state index contributed by atoms with van der Waals surface area (Å²) in [7, 11) is -0.643. The van der Waals surface area contributed by atoms with Crippen molar-refractivity contribution in [2.24, 2.45) is 0 Å². The van der Waals surface area contributed by atoms with Gasteiger partial charge < -0.3 is 9.31 Å². The minimum absolute atomic E-state index is 0.239. The summed E-state index contributed by atoms with van der Waals surface area (Å²) in [4.78, 5) is 0.629. The molecule has 0 radical (unpaired) electrons. The van der Waals surface area contributed by atoms with E-state index in [9.17, 15) is 4.39 Å². The van der Waals surface area contributed by atoms with Crippen molar-refractivity contribution in [1.82, 2.24) is 0 Å². The van der Waals surface area contributed by atoms with Gasteiger partial charge in [-0.1, -0.05) is 11.6 Å². The second-order valence-electron chi connectivity index (χ2n) is 5.96. The maximum absolute atomic E-state index is 14.4. The van der Waals surface area contributed by atoms with Gasteiger partial charge in [-0.25, -0.2) is 4.39 Å². The minimum Gasteiger partial charge on any atom is -0.399 e. The first-order valence-electron chi connectivity index (χ1n) is 6.37. The first-order chi connectivity index (χ1) is 8.68. The molecule has 5 heteroatoms. The molecule has 0 aromatic heterocycles. The van der Waals surface area contributed by atoms with Gasteiger partial charge in [-0.05, 0) is 46.9 Å². The Hall–Kier alpha value is -0.515. The number of hydrogen-bond donors (Lipinski definition) is 0. The second-order valence-corrected chi connectivity index (χ2v) is 6.81. The molecule has 0 saturated carbocycles. The molecule has 19 heavy (non-hydrogen) atoms. The summed E-state index contributed by atoms with van der Waals surface area (Å²) in [6.45, 7) is 9.83. The van der Waals surface area contributed by atoms with E-state index in [1.807, 2.05) is 46.9 Å². The average molecular weight is 282 g/mol. The monoisotopic (exact) mass is 282 g/mol. The van der Waals surface area contributed by atoms with Crippen molar-refractivity contribution in [3.05, 3.63) is 23.5 Å². The Morgan fingerprint density at radius 1 is 1.11 bits per heavy atom. The molecule has 1 aliphatic heterocycles. The van der Waals surface area contributed by atoms with Crippen LogP contribution < -0.4 is 5.46 Å². The first-order valence-corrected chi connectivity index (χ1v) is 7.60. The van der Waals surface area contributed by atoms with Crippen molar-refractivity contribution >= 4 is 24.3 Å². The average Bonchev–Trinajstić information content (AvgIpc) is 2.50. The van der Waals surface area contributed by atoms with Crippen LogP contribution in [0, 0.1) is 12.7 Å². The predicted molar refractivity (Wildman–Crippen MR) is 78.6 cm³/mol. The van der Waals surface area contributed by atoms with Crippen LogP contribution >= 0.6 is 11.8 Å². The number of halogens is 1. The molecule has 104 valence electrons. The van der Waals surface area contributed by atoms with E-state index >= 15 is 0 Å². The Morgan fingerprint density at radius 3 is 2.11 bits per heavy atom. The molecule has 0 N–H and O–H groups in total. The quantitative estimate of drug-likeness (QED) is 0.613. The van der Waals surface area contributed by atoms with Crippen molar-refractivity contribution < 1.29 is 13.7 Å². The van der Waals surface area contributed by atoms with E-state index in [2.05, 4.69) is 0 Å². The van der Waals surface area contributed by atoms with Gasteiger partial charge in [-0.2, -0.15) is 0 Å². The van der Waals surface area contributed by atoms with Gasteiger partial charge in [0.1, 0.15) is 5.82 Å². The van der Waals surface area contributed by atoms with Crippen molar-refractivity contribution in [3.8, 4) is 0 Å². The number of rotatable bonds is 2. The van der Waals surface area contributed by atoms with E-state index in [1.165, 1.54) is 11.8 Å². The van der Waals surface area contributed by atoms with E-state index in [1.54, 1.807) is 6.07 Å². The fourth-order valence-electron chi connectivity index (χ4n) is 2.05. The SMILES string of the molecule is CSc1cc(C)cc(B2OC(C)(C)C(C)(C)O2)c1F. The lowest BCUT2D eigenvalue weighted by Crippen LogP contribution is -2.41. The molecule has 1 fully saturated rings. The Morgan fingerprint density at radius 2 is 1.63 bits per heavy atom. The molecular formula is C14H20BFO2S. The lowest BCUT2D eigenvalue weighted by Gasteiger charge is -2.32. The third kappa shape index (κ3) is 2.56. The van der Waals surface area contributed by atoms with Gasteiger partial charge in [0.25, 0.3) is 0 Å². The largest absolute Gasteiger partial charge is 0.497 e. The summed E-state index contributed by atoms with van der Waals surface area (Å²) >= 11 is 1.40. The fraction of sp³-hybridized carbons (Fsp3) is 0.571. The Balaban J connectivity index is 2.42. The molecule has 0 atom stereocenters. The van der Waals surface area contributed by atoms with Crippen LogP contribution in [0.2, 0.25) is 0 Å².